The van der Waals surface area contributed by atoms with E-state index in [1.54, 1.807) is 17.0 Å². The summed E-state index contributed by atoms with van der Waals surface area (Å²) in [5.41, 5.74) is 1.88. The van der Waals surface area contributed by atoms with Crippen LogP contribution < -0.4 is 0 Å². The second-order valence-corrected chi connectivity index (χ2v) is 10.5. The van der Waals surface area contributed by atoms with Crippen LogP contribution >= 0.6 is 11.3 Å². The summed E-state index contributed by atoms with van der Waals surface area (Å²) in [5, 5.41) is 1.95. The molecule has 1 saturated heterocycles. The second-order valence-electron chi connectivity index (χ2n) is 7.67. The molecule has 3 aromatic rings. The van der Waals surface area contributed by atoms with Crippen molar-refractivity contribution >= 4 is 32.2 Å². The number of imidazole rings is 1. The number of fused-ring (bicyclic) bond motifs is 1. The molecule has 1 amide bonds. The predicted molar refractivity (Wildman–Crippen MR) is 117 cm³/mol. The van der Waals surface area contributed by atoms with Crippen molar-refractivity contribution < 1.29 is 13.2 Å². The third-order valence-corrected chi connectivity index (χ3v) is 8.45. The van der Waals surface area contributed by atoms with E-state index in [-0.39, 0.29) is 12.3 Å². The zero-order valence-corrected chi connectivity index (χ0v) is 18.8. The van der Waals surface area contributed by atoms with Gasteiger partial charge in [0.2, 0.25) is 15.9 Å². The molecule has 0 spiro atoms. The minimum absolute atomic E-state index is 0.0179. The van der Waals surface area contributed by atoms with Gasteiger partial charge in [-0.3, -0.25) is 9.20 Å². The standard InChI is InChI=1S/C21H26N4O3S2/c1-3-16(2)17-4-6-19(7-5-17)30(27,28)25-10-8-23(9-11-25)20(26)14-18-15-24-12-13-29-21(24)22-18/h4-7,12-13,15-16H,3,8-11,14H2,1-2H3. The van der Waals surface area contributed by atoms with Crippen molar-refractivity contribution in [3.05, 3.63) is 53.3 Å². The molecule has 0 bridgehead atoms. The predicted octanol–water partition coefficient (Wildman–Crippen LogP) is 2.98. The molecule has 1 fully saturated rings. The fraction of sp³-hybridized carbons (Fsp3) is 0.429. The monoisotopic (exact) mass is 446 g/mol. The maximum Gasteiger partial charge on any atom is 0.243 e. The summed E-state index contributed by atoms with van der Waals surface area (Å²) >= 11 is 1.53. The van der Waals surface area contributed by atoms with E-state index in [1.165, 1.54) is 15.6 Å². The quantitative estimate of drug-likeness (QED) is 0.583. The molecule has 0 aliphatic carbocycles. The van der Waals surface area contributed by atoms with Crippen LogP contribution in [0.4, 0.5) is 0 Å². The molecule has 1 aliphatic heterocycles. The van der Waals surface area contributed by atoms with Crippen LogP contribution in [-0.4, -0.2) is 59.1 Å². The van der Waals surface area contributed by atoms with Crippen LogP contribution in [0.25, 0.3) is 4.96 Å². The highest BCUT2D eigenvalue weighted by Crippen LogP contribution is 2.23. The Morgan fingerprint density at radius 2 is 1.87 bits per heavy atom. The van der Waals surface area contributed by atoms with Gasteiger partial charge in [-0.05, 0) is 30.0 Å². The van der Waals surface area contributed by atoms with E-state index in [4.69, 9.17) is 0 Å². The fourth-order valence-corrected chi connectivity index (χ4v) is 5.80. The molecule has 0 radical (unpaired) electrons. The molecule has 4 rings (SSSR count). The van der Waals surface area contributed by atoms with E-state index in [2.05, 4.69) is 18.8 Å². The number of piperazine rings is 1. The van der Waals surface area contributed by atoms with Gasteiger partial charge in [-0.2, -0.15) is 4.31 Å². The lowest BCUT2D eigenvalue weighted by Crippen LogP contribution is -2.50. The number of thiazole rings is 1. The van der Waals surface area contributed by atoms with Crippen LogP contribution in [0.3, 0.4) is 0 Å². The minimum atomic E-state index is -3.55. The molecule has 1 aromatic carbocycles. The maximum absolute atomic E-state index is 13.0. The molecule has 3 heterocycles. The number of carbonyl (C=O) groups excluding carboxylic acids is 1. The number of carbonyl (C=O) groups is 1. The number of hydrogen-bond donors (Lipinski definition) is 0. The molecule has 0 N–H and O–H groups in total. The summed E-state index contributed by atoms with van der Waals surface area (Å²) in [6.45, 7) is 5.65. The molecule has 1 aliphatic rings. The molecule has 0 saturated carbocycles. The lowest BCUT2D eigenvalue weighted by Gasteiger charge is -2.34. The molecule has 30 heavy (non-hydrogen) atoms. The van der Waals surface area contributed by atoms with Crippen LogP contribution in [0.5, 0.6) is 0 Å². The van der Waals surface area contributed by atoms with Gasteiger partial charge in [0.05, 0.1) is 17.0 Å². The highest BCUT2D eigenvalue weighted by atomic mass is 32.2. The number of nitrogens with zero attached hydrogens (tertiary/aromatic N) is 4. The van der Waals surface area contributed by atoms with E-state index in [0.29, 0.717) is 37.0 Å². The first-order valence-electron chi connectivity index (χ1n) is 10.2. The molecule has 9 heteroatoms. The second kappa shape index (κ2) is 8.49. The number of amides is 1. The van der Waals surface area contributed by atoms with Crippen molar-refractivity contribution in [2.24, 2.45) is 0 Å². The summed E-state index contributed by atoms with van der Waals surface area (Å²) in [5.74, 6) is 0.387. The van der Waals surface area contributed by atoms with Gasteiger partial charge in [0.15, 0.2) is 4.96 Å². The van der Waals surface area contributed by atoms with Crippen LogP contribution in [0.1, 0.15) is 37.4 Å². The number of rotatable bonds is 6. The number of sulfonamides is 1. The Kier molecular flexibility index (Phi) is 5.95. The highest BCUT2D eigenvalue weighted by Gasteiger charge is 2.30. The zero-order valence-electron chi connectivity index (χ0n) is 17.2. The zero-order chi connectivity index (χ0) is 21.3. The van der Waals surface area contributed by atoms with Crippen LogP contribution in [-0.2, 0) is 21.2 Å². The average molecular weight is 447 g/mol. The van der Waals surface area contributed by atoms with Crippen LogP contribution in [0, 0.1) is 0 Å². The van der Waals surface area contributed by atoms with Gasteiger partial charge >= 0.3 is 0 Å². The lowest BCUT2D eigenvalue weighted by atomic mass is 9.99. The normalized spacial score (nSPS) is 16.8. The number of benzene rings is 1. The molecule has 1 atom stereocenters. The van der Waals surface area contributed by atoms with Gasteiger partial charge in [-0.25, -0.2) is 13.4 Å². The van der Waals surface area contributed by atoms with Crippen molar-refractivity contribution in [1.29, 1.82) is 0 Å². The van der Waals surface area contributed by atoms with Crippen molar-refractivity contribution in [3.63, 3.8) is 0 Å². The largest absolute Gasteiger partial charge is 0.340 e. The van der Waals surface area contributed by atoms with Crippen molar-refractivity contribution in [3.8, 4) is 0 Å². The molecular weight excluding hydrogens is 420 g/mol. The van der Waals surface area contributed by atoms with Gasteiger partial charge < -0.3 is 4.90 Å². The van der Waals surface area contributed by atoms with Crippen molar-refractivity contribution in [2.75, 3.05) is 26.2 Å². The van der Waals surface area contributed by atoms with E-state index < -0.39 is 10.0 Å². The van der Waals surface area contributed by atoms with Gasteiger partial charge in [-0.15, -0.1) is 11.3 Å². The summed E-state index contributed by atoms with van der Waals surface area (Å²) in [6, 6.07) is 7.19. The van der Waals surface area contributed by atoms with Gasteiger partial charge in [0.1, 0.15) is 0 Å². The molecule has 2 aromatic heterocycles. The Bertz CT molecular complexity index is 1100. The summed E-state index contributed by atoms with van der Waals surface area (Å²) < 4.78 is 29.4. The first kappa shape index (κ1) is 21.0. The average Bonchev–Trinajstić information content (AvgIpc) is 3.35. The Morgan fingerprint density at radius 3 is 2.50 bits per heavy atom. The molecule has 1 unspecified atom stereocenters. The van der Waals surface area contributed by atoms with Gasteiger partial charge in [0, 0.05) is 44.0 Å². The van der Waals surface area contributed by atoms with Crippen LogP contribution in [0.2, 0.25) is 0 Å². The first-order chi connectivity index (χ1) is 14.4. The summed E-state index contributed by atoms with van der Waals surface area (Å²) in [4.78, 5) is 20.0. The molecule has 160 valence electrons. The van der Waals surface area contributed by atoms with Crippen molar-refractivity contribution in [1.82, 2.24) is 18.6 Å². The van der Waals surface area contributed by atoms with E-state index in [1.807, 2.05) is 34.3 Å². The van der Waals surface area contributed by atoms with Gasteiger partial charge in [0.25, 0.3) is 0 Å². The number of hydrogen-bond acceptors (Lipinski definition) is 5. The Balaban J connectivity index is 1.37. The molecule has 7 nitrogen and oxygen atoms in total. The highest BCUT2D eigenvalue weighted by molar-refractivity contribution is 7.89. The number of aromatic nitrogens is 2. The minimum Gasteiger partial charge on any atom is -0.340 e. The molecular formula is C21H26N4O3S2. The van der Waals surface area contributed by atoms with Crippen LogP contribution in [0.15, 0.2) is 46.9 Å². The topological polar surface area (TPSA) is 75.0 Å². The Morgan fingerprint density at radius 1 is 1.17 bits per heavy atom. The van der Waals surface area contributed by atoms with Crippen molar-refractivity contribution in [2.45, 2.75) is 37.5 Å². The summed E-state index contributed by atoms with van der Waals surface area (Å²) in [7, 11) is -3.55. The maximum atomic E-state index is 13.0. The third-order valence-electron chi connectivity index (χ3n) is 5.77. The first-order valence-corrected chi connectivity index (χ1v) is 12.5. The fourth-order valence-electron chi connectivity index (χ4n) is 3.66. The smallest absolute Gasteiger partial charge is 0.243 e. The van der Waals surface area contributed by atoms with E-state index in [9.17, 15) is 13.2 Å². The SMILES string of the molecule is CCC(C)c1ccc(S(=O)(=O)N2CCN(C(=O)Cc3cn4ccsc4n3)CC2)cc1. The Hall–Kier alpha value is -2.23. The van der Waals surface area contributed by atoms with E-state index >= 15 is 0 Å². The van der Waals surface area contributed by atoms with Gasteiger partial charge in [-0.1, -0.05) is 26.0 Å². The lowest BCUT2D eigenvalue weighted by molar-refractivity contribution is -0.131. The van der Waals surface area contributed by atoms with E-state index in [0.717, 1.165) is 22.6 Å². The Labute approximate surface area is 181 Å². The third kappa shape index (κ3) is 4.14. The summed E-state index contributed by atoms with van der Waals surface area (Å²) in [6.07, 6.45) is 5.03.